The number of hydrogen-bond acceptors (Lipinski definition) is 3. The Morgan fingerprint density at radius 1 is 1.17 bits per heavy atom. The van der Waals surface area contributed by atoms with Crippen molar-refractivity contribution in [1.82, 2.24) is 9.97 Å². The zero-order valence-corrected chi connectivity index (χ0v) is 17.2. The van der Waals surface area contributed by atoms with E-state index in [2.05, 4.69) is 46.6 Å². The van der Waals surface area contributed by atoms with Crippen LogP contribution in [0.5, 0.6) is 0 Å². The molecule has 3 unspecified atom stereocenters. The van der Waals surface area contributed by atoms with Gasteiger partial charge in [0.2, 0.25) is 12.3 Å². The maximum Gasteiger partial charge on any atom is 0.228 e. The van der Waals surface area contributed by atoms with E-state index in [4.69, 9.17) is 0 Å². The van der Waals surface area contributed by atoms with Crippen LogP contribution in [0.2, 0.25) is 0 Å². The summed E-state index contributed by atoms with van der Waals surface area (Å²) in [6.45, 7) is 4.27. The number of nitrogens with zero attached hydrogens (tertiary/aromatic N) is 1. The Labute approximate surface area is 175 Å². The summed E-state index contributed by atoms with van der Waals surface area (Å²) in [6.07, 6.45) is 7.03. The number of imidazole rings is 1. The highest BCUT2D eigenvalue weighted by molar-refractivity contribution is 5.93. The summed E-state index contributed by atoms with van der Waals surface area (Å²) in [5, 5.41) is 5.71. The number of nitrogens with one attached hydrogen (secondary N) is 3. The van der Waals surface area contributed by atoms with Gasteiger partial charge < -0.3 is 15.6 Å². The normalized spacial score (nSPS) is 20.8. The van der Waals surface area contributed by atoms with Crippen molar-refractivity contribution in [1.29, 1.82) is 0 Å². The molecule has 0 bridgehead atoms. The van der Waals surface area contributed by atoms with Crippen molar-refractivity contribution in [2.75, 3.05) is 10.6 Å². The number of aromatic nitrogens is 2. The van der Waals surface area contributed by atoms with Crippen LogP contribution in [0.15, 0.2) is 54.6 Å². The molecule has 3 N–H and O–H groups in total. The lowest BCUT2D eigenvalue weighted by Crippen LogP contribution is -2.31. The van der Waals surface area contributed by atoms with Gasteiger partial charge in [-0.25, -0.2) is 4.98 Å². The highest BCUT2D eigenvalue weighted by Crippen LogP contribution is 2.31. The van der Waals surface area contributed by atoms with Gasteiger partial charge in [-0.15, -0.1) is 0 Å². The molecule has 2 aromatic carbocycles. The first kappa shape index (κ1) is 19.9. The van der Waals surface area contributed by atoms with E-state index in [0.29, 0.717) is 18.0 Å². The summed E-state index contributed by atoms with van der Waals surface area (Å²) in [5.74, 6) is 1.56. The topological polar surface area (TPSA) is 86.9 Å². The van der Waals surface area contributed by atoms with Crippen molar-refractivity contribution in [3.63, 3.8) is 0 Å². The van der Waals surface area contributed by atoms with Gasteiger partial charge in [0.25, 0.3) is 0 Å². The Bertz CT molecular complexity index is 1080. The first-order valence-corrected chi connectivity index (χ1v) is 10.4. The number of carbonyl (C=O) groups is 2. The van der Waals surface area contributed by atoms with Crippen LogP contribution in [0.1, 0.15) is 26.7 Å². The molecular formula is C24H26N4O2. The van der Waals surface area contributed by atoms with Crippen LogP contribution in [0.25, 0.3) is 22.4 Å². The van der Waals surface area contributed by atoms with Gasteiger partial charge in [0.15, 0.2) is 0 Å². The number of carbonyl (C=O) groups excluding carboxylic acids is 2. The minimum atomic E-state index is 0.00386. The molecule has 1 aliphatic rings. The molecule has 0 fully saturated rings. The van der Waals surface area contributed by atoms with E-state index in [0.717, 1.165) is 41.0 Å². The average molecular weight is 402 g/mol. The van der Waals surface area contributed by atoms with Gasteiger partial charge >= 0.3 is 0 Å². The van der Waals surface area contributed by atoms with E-state index in [9.17, 15) is 9.59 Å². The van der Waals surface area contributed by atoms with E-state index in [1.165, 1.54) is 0 Å². The molecule has 1 aliphatic carbocycles. The predicted octanol–water partition coefficient (Wildman–Crippen LogP) is 4.98. The van der Waals surface area contributed by atoms with Gasteiger partial charge in [0.05, 0.1) is 11.0 Å². The van der Waals surface area contributed by atoms with Crippen molar-refractivity contribution in [2.45, 2.75) is 26.7 Å². The van der Waals surface area contributed by atoms with Crippen molar-refractivity contribution in [2.24, 2.45) is 17.8 Å². The van der Waals surface area contributed by atoms with Gasteiger partial charge in [-0.2, -0.15) is 0 Å². The van der Waals surface area contributed by atoms with Gasteiger partial charge in [-0.1, -0.05) is 26.0 Å². The number of hydrogen-bond donors (Lipinski definition) is 3. The molecule has 3 aromatic rings. The summed E-state index contributed by atoms with van der Waals surface area (Å²) >= 11 is 0. The molecule has 0 spiro atoms. The number of allylic oxidation sites excluding steroid dienone is 2. The summed E-state index contributed by atoms with van der Waals surface area (Å²) in [4.78, 5) is 31.3. The van der Waals surface area contributed by atoms with Crippen LogP contribution < -0.4 is 10.6 Å². The molecule has 6 heteroatoms. The number of fused-ring (bicyclic) bond motifs is 1. The Morgan fingerprint density at radius 3 is 2.67 bits per heavy atom. The second kappa shape index (κ2) is 8.53. The number of benzene rings is 2. The van der Waals surface area contributed by atoms with Crippen molar-refractivity contribution in [3.8, 4) is 11.4 Å². The fourth-order valence-corrected chi connectivity index (χ4v) is 3.99. The van der Waals surface area contributed by atoms with E-state index in [1.807, 2.05) is 42.5 Å². The first-order valence-electron chi connectivity index (χ1n) is 10.4. The quantitative estimate of drug-likeness (QED) is 0.402. The zero-order chi connectivity index (χ0) is 21.1. The lowest BCUT2D eigenvalue weighted by Gasteiger charge is -2.28. The van der Waals surface area contributed by atoms with Crippen LogP contribution in [0.4, 0.5) is 11.4 Å². The van der Waals surface area contributed by atoms with Gasteiger partial charge in [-0.3, -0.25) is 9.59 Å². The monoisotopic (exact) mass is 402 g/mol. The van der Waals surface area contributed by atoms with Gasteiger partial charge in [-0.05, 0) is 67.1 Å². The number of amides is 2. The molecule has 0 saturated heterocycles. The minimum absolute atomic E-state index is 0.00386. The van der Waals surface area contributed by atoms with Crippen LogP contribution >= 0.6 is 0 Å². The van der Waals surface area contributed by atoms with E-state index >= 15 is 0 Å². The minimum Gasteiger partial charge on any atom is -0.338 e. The Morgan fingerprint density at radius 2 is 1.93 bits per heavy atom. The molecule has 1 heterocycles. The van der Waals surface area contributed by atoms with Crippen molar-refractivity contribution < 1.29 is 9.59 Å². The third-order valence-corrected chi connectivity index (χ3v) is 5.87. The number of aromatic amines is 1. The Kier molecular flexibility index (Phi) is 5.65. The van der Waals surface area contributed by atoms with E-state index in [-0.39, 0.29) is 17.7 Å². The molecular weight excluding hydrogens is 376 g/mol. The molecule has 30 heavy (non-hydrogen) atoms. The van der Waals surface area contributed by atoms with Crippen LogP contribution in [-0.4, -0.2) is 22.3 Å². The van der Waals surface area contributed by atoms with Crippen LogP contribution in [0.3, 0.4) is 0 Å². The number of anilines is 2. The highest BCUT2D eigenvalue weighted by atomic mass is 16.2. The van der Waals surface area contributed by atoms with Crippen LogP contribution in [-0.2, 0) is 9.59 Å². The summed E-state index contributed by atoms with van der Waals surface area (Å²) < 4.78 is 0. The lowest BCUT2D eigenvalue weighted by atomic mass is 9.78. The molecule has 154 valence electrons. The molecule has 4 rings (SSSR count). The molecule has 0 radical (unpaired) electrons. The summed E-state index contributed by atoms with van der Waals surface area (Å²) in [6, 6.07) is 13.2. The van der Waals surface area contributed by atoms with Crippen molar-refractivity contribution in [3.05, 3.63) is 54.6 Å². The fourth-order valence-electron chi connectivity index (χ4n) is 3.99. The molecule has 0 saturated carbocycles. The largest absolute Gasteiger partial charge is 0.338 e. The smallest absolute Gasteiger partial charge is 0.228 e. The second-order valence-electron chi connectivity index (χ2n) is 7.90. The number of H-pyrrole nitrogens is 1. The summed E-state index contributed by atoms with van der Waals surface area (Å²) in [5.41, 5.74) is 4.09. The lowest BCUT2D eigenvalue weighted by molar-refractivity contribution is -0.121. The standard InChI is InChI=1S/C24H26N4O2/c1-3-16-5-4-15(2)20(12-16)24(30)26-18-8-6-17(7-9-18)23-27-21-11-10-19(25-14-29)13-22(21)28-23/h4-11,13-16,20H,3,12H2,1-2H3,(H,25,29)(H,26,30)(H,27,28). The maximum absolute atomic E-state index is 12.8. The molecule has 6 nitrogen and oxygen atoms in total. The van der Waals surface area contributed by atoms with Gasteiger partial charge in [0.1, 0.15) is 5.82 Å². The second-order valence-corrected chi connectivity index (χ2v) is 7.90. The third-order valence-electron chi connectivity index (χ3n) is 5.87. The third kappa shape index (κ3) is 4.13. The fraction of sp³-hybridized carbons (Fsp3) is 0.292. The highest BCUT2D eigenvalue weighted by Gasteiger charge is 2.28. The summed E-state index contributed by atoms with van der Waals surface area (Å²) in [7, 11) is 0. The van der Waals surface area contributed by atoms with Crippen molar-refractivity contribution >= 4 is 34.7 Å². The van der Waals surface area contributed by atoms with Crippen LogP contribution in [0, 0.1) is 17.8 Å². The molecule has 0 aliphatic heterocycles. The SMILES string of the molecule is CCC1C=CC(C)C(C(=O)Nc2ccc(-c3nc4ccc(NC=O)cc4[nH]3)cc2)C1. The Hall–Kier alpha value is -3.41. The van der Waals surface area contributed by atoms with Gasteiger partial charge in [0, 0.05) is 22.9 Å². The molecule has 3 atom stereocenters. The number of rotatable bonds is 6. The maximum atomic E-state index is 12.8. The van der Waals surface area contributed by atoms with E-state index in [1.54, 1.807) is 0 Å². The first-order chi connectivity index (χ1) is 14.6. The predicted molar refractivity (Wildman–Crippen MR) is 120 cm³/mol. The molecule has 2 amide bonds. The zero-order valence-electron chi connectivity index (χ0n) is 17.2. The average Bonchev–Trinajstić information content (AvgIpc) is 3.18. The Balaban J connectivity index is 1.47. The molecule has 1 aromatic heterocycles. The van der Waals surface area contributed by atoms with E-state index < -0.39 is 0 Å².